The van der Waals surface area contributed by atoms with E-state index in [0.29, 0.717) is 5.92 Å². The molecule has 12 heavy (non-hydrogen) atoms. The molecule has 0 spiro atoms. The molecule has 0 fully saturated rings. The summed E-state index contributed by atoms with van der Waals surface area (Å²) in [4.78, 5) is 0. The van der Waals surface area contributed by atoms with Crippen molar-refractivity contribution < 1.29 is 5.11 Å². The van der Waals surface area contributed by atoms with E-state index in [4.69, 9.17) is 0 Å². The third-order valence-corrected chi connectivity index (χ3v) is 2.33. The van der Waals surface area contributed by atoms with Crippen LogP contribution in [0.15, 0.2) is 0 Å². The van der Waals surface area contributed by atoms with Crippen LogP contribution in [0.5, 0.6) is 0 Å². The molecule has 0 heterocycles. The van der Waals surface area contributed by atoms with Gasteiger partial charge in [-0.15, -0.1) is 0 Å². The largest absolute Gasteiger partial charge is 0.390 e. The van der Waals surface area contributed by atoms with Gasteiger partial charge >= 0.3 is 0 Å². The fraction of sp³-hybridized carbons (Fsp3) is 1.00. The van der Waals surface area contributed by atoms with Gasteiger partial charge in [0.1, 0.15) is 0 Å². The van der Waals surface area contributed by atoms with Gasteiger partial charge in [-0.05, 0) is 32.1 Å². The molecule has 0 aromatic carbocycles. The molecule has 0 bridgehead atoms. The first-order valence-corrected chi connectivity index (χ1v) is 5.20. The summed E-state index contributed by atoms with van der Waals surface area (Å²) in [6, 6.07) is 0. The third kappa shape index (κ3) is 6.66. The Kier molecular flexibility index (Phi) is 5.56. The monoisotopic (exact) mass is 172 g/mol. The molecule has 0 amide bonds. The molecule has 0 saturated heterocycles. The molecule has 0 rings (SSSR count). The summed E-state index contributed by atoms with van der Waals surface area (Å²) in [5.41, 5.74) is -0.416. The summed E-state index contributed by atoms with van der Waals surface area (Å²) in [5, 5.41) is 9.89. The molecule has 0 aliphatic heterocycles. The highest BCUT2D eigenvalue weighted by atomic mass is 16.3. The average Bonchev–Trinajstić information content (AvgIpc) is 1.98. The minimum Gasteiger partial charge on any atom is -0.390 e. The van der Waals surface area contributed by atoms with Crippen molar-refractivity contribution in [2.24, 2.45) is 5.92 Å². The second-order valence-corrected chi connectivity index (χ2v) is 4.53. The predicted molar refractivity (Wildman–Crippen MR) is 54.2 cm³/mol. The highest BCUT2D eigenvalue weighted by molar-refractivity contribution is 4.72. The van der Waals surface area contributed by atoms with E-state index in [1.54, 1.807) is 0 Å². The van der Waals surface area contributed by atoms with Crippen molar-refractivity contribution in [2.45, 2.75) is 65.4 Å². The number of unbranched alkanes of at least 4 members (excludes halogenated alkanes) is 1. The molecular weight excluding hydrogens is 148 g/mol. The molecule has 1 atom stereocenters. The van der Waals surface area contributed by atoms with E-state index in [1.807, 2.05) is 6.92 Å². The fourth-order valence-corrected chi connectivity index (χ4v) is 1.28. The van der Waals surface area contributed by atoms with Gasteiger partial charge in [0.15, 0.2) is 0 Å². The van der Waals surface area contributed by atoms with Crippen LogP contribution < -0.4 is 0 Å². The van der Waals surface area contributed by atoms with Crippen LogP contribution in [0, 0.1) is 5.92 Å². The highest BCUT2D eigenvalue weighted by Crippen LogP contribution is 2.21. The molecule has 0 radical (unpaired) electrons. The van der Waals surface area contributed by atoms with E-state index in [0.717, 1.165) is 25.7 Å². The van der Waals surface area contributed by atoms with Crippen LogP contribution in [-0.4, -0.2) is 10.7 Å². The third-order valence-electron chi connectivity index (χ3n) is 2.33. The van der Waals surface area contributed by atoms with Crippen LogP contribution in [0.3, 0.4) is 0 Å². The van der Waals surface area contributed by atoms with E-state index in [1.165, 1.54) is 6.42 Å². The minimum atomic E-state index is -0.416. The molecule has 1 N–H and O–H groups in total. The molecule has 0 aromatic heterocycles. The van der Waals surface area contributed by atoms with E-state index >= 15 is 0 Å². The summed E-state index contributed by atoms with van der Waals surface area (Å²) in [6.45, 7) is 8.54. The first kappa shape index (κ1) is 12.0. The van der Waals surface area contributed by atoms with Gasteiger partial charge in [0.25, 0.3) is 0 Å². The van der Waals surface area contributed by atoms with Gasteiger partial charge in [0.05, 0.1) is 5.60 Å². The lowest BCUT2D eigenvalue weighted by Gasteiger charge is -2.23. The van der Waals surface area contributed by atoms with Crippen LogP contribution in [0.4, 0.5) is 0 Å². The van der Waals surface area contributed by atoms with E-state index in [-0.39, 0.29) is 0 Å². The summed E-state index contributed by atoms with van der Waals surface area (Å²) < 4.78 is 0. The molecule has 1 unspecified atom stereocenters. The first-order chi connectivity index (χ1) is 5.48. The molecular formula is C11H24O. The van der Waals surface area contributed by atoms with Gasteiger partial charge < -0.3 is 5.11 Å². The van der Waals surface area contributed by atoms with Crippen molar-refractivity contribution >= 4 is 0 Å². The Bertz CT molecular complexity index is 106. The summed E-state index contributed by atoms with van der Waals surface area (Å²) in [6.07, 6.45) is 5.36. The smallest absolute Gasteiger partial charge is 0.0619 e. The normalized spacial score (nSPS) is 16.5. The highest BCUT2D eigenvalue weighted by Gasteiger charge is 2.19. The van der Waals surface area contributed by atoms with Gasteiger partial charge in [-0.3, -0.25) is 0 Å². The zero-order valence-corrected chi connectivity index (χ0v) is 9.06. The first-order valence-electron chi connectivity index (χ1n) is 5.20. The van der Waals surface area contributed by atoms with Crippen molar-refractivity contribution in [3.8, 4) is 0 Å². The van der Waals surface area contributed by atoms with E-state index in [2.05, 4.69) is 20.8 Å². The lowest BCUT2D eigenvalue weighted by Crippen LogP contribution is -2.24. The maximum Gasteiger partial charge on any atom is 0.0619 e. The molecule has 0 saturated carbocycles. The predicted octanol–water partition coefficient (Wildman–Crippen LogP) is 3.36. The molecule has 1 heteroatoms. The van der Waals surface area contributed by atoms with Gasteiger partial charge in [-0.2, -0.15) is 0 Å². The van der Waals surface area contributed by atoms with Gasteiger partial charge in [0, 0.05) is 0 Å². The van der Waals surface area contributed by atoms with Crippen LogP contribution in [0.25, 0.3) is 0 Å². The van der Waals surface area contributed by atoms with Gasteiger partial charge in [-0.25, -0.2) is 0 Å². The zero-order chi connectivity index (χ0) is 9.61. The summed E-state index contributed by atoms with van der Waals surface area (Å²) in [5.74, 6) is 0.707. The molecule has 0 aromatic rings. The minimum absolute atomic E-state index is 0.416. The molecule has 0 aliphatic rings. The van der Waals surface area contributed by atoms with E-state index < -0.39 is 5.60 Å². The van der Waals surface area contributed by atoms with Crippen molar-refractivity contribution in [3.63, 3.8) is 0 Å². The van der Waals surface area contributed by atoms with Gasteiger partial charge in [0.2, 0.25) is 0 Å². The lowest BCUT2D eigenvalue weighted by molar-refractivity contribution is 0.0345. The average molecular weight is 172 g/mol. The number of aliphatic hydroxyl groups is 1. The van der Waals surface area contributed by atoms with Crippen molar-refractivity contribution in [1.82, 2.24) is 0 Å². The van der Waals surface area contributed by atoms with Crippen molar-refractivity contribution in [2.75, 3.05) is 0 Å². The van der Waals surface area contributed by atoms with Crippen LogP contribution in [0.1, 0.15) is 59.8 Å². The Morgan fingerprint density at radius 1 is 1.25 bits per heavy atom. The van der Waals surface area contributed by atoms with Gasteiger partial charge in [-0.1, -0.05) is 33.6 Å². The lowest BCUT2D eigenvalue weighted by atomic mass is 9.91. The Hall–Kier alpha value is -0.0400. The van der Waals surface area contributed by atoms with Crippen LogP contribution in [0.2, 0.25) is 0 Å². The second kappa shape index (κ2) is 5.58. The topological polar surface area (TPSA) is 20.2 Å². The van der Waals surface area contributed by atoms with Crippen LogP contribution in [-0.2, 0) is 0 Å². The summed E-state index contributed by atoms with van der Waals surface area (Å²) in [7, 11) is 0. The molecule has 0 aliphatic carbocycles. The van der Waals surface area contributed by atoms with E-state index in [9.17, 15) is 5.11 Å². The maximum atomic E-state index is 9.89. The summed E-state index contributed by atoms with van der Waals surface area (Å²) >= 11 is 0. The second-order valence-electron chi connectivity index (χ2n) is 4.53. The maximum absolute atomic E-state index is 9.89. The van der Waals surface area contributed by atoms with Crippen LogP contribution >= 0.6 is 0 Å². The number of hydrogen-bond acceptors (Lipinski definition) is 1. The SMILES string of the molecule is CCCCC(C)(O)CCC(C)C. The number of rotatable bonds is 6. The zero-order valence-electron chi connectivity index (χ0n) is 9.06. The Morgan fingerprint density at radius 2 is 1.83 bits per heavy atom. The Morgan fingerprint density at radius 3 is 2.25 bits per heavy atom. The number of hydrogen-bond donors (Lipinski definition) is 1. The van der Waals surface area contributed by atoms with Crippen molar-refractivity contribution in [3.05, 3.63) is 0 Å². The standard InChI is InChI=1S/C11H24O/c1-5-6-8-11(4,12)9-7-10(2)3/h10,12H,5-9H2,1-4H3. The van der Waals surface area contributed by atoms with Crippen molar-refractivity contribution in [1.29, 1.82) is 0 Å². The Balaban J connectivity index is 3.56. The fourth-order valence-electron chi connectivity index (χ4n) is 1.28. The quantitative estimate of drug-likeness (QED) is 0.651. The molecule has 1 nitrogen and oxygen atoms in total. The Labute approximate surface area is 77.2 Å². The molecule has 74 valence electrons.